The van der Waals surface area contributed by atoms with Crippen molar-refractivity contribution >= 4 is 17.6 Å². The van der Waals surface area contributed by atoms with Crippen molar-refractivity contribution in [3.8, 4) is 0 Å². The highest BCUT2D eigenvalue weighted by Crippen LogP contribution is 2.01. The largest absolute Gasteiger partial charge is 0.343 e. The zero-order chi connectivity index (χ0) is 17.6. The number of rotatable bonds is 4. The Labute approximate surface area is 148 Å². The zero-order valence-corrected chi connectivity index (χ0v) is 14.6. The van der Waals surface area contributed by atoms with Crippen LogP contribution in [0.4, 0.5) is 4.79 Å². The molecule has 0 aliphatic heterocycles. The lowest BCUT2D eigenvalue weighted by Gasteiger charge is -2.00. The van der Waals surface area contributed by atoms with Crippen molar-refractivity contribution in [1.29, 1.82) is 0 Å². The van der Waals surface area contributed by atoms with E-state index in [1.54, 1.807) is 11.0 Å². The van der Waals surface area contributed by atoms with Crippen LogP contribution in [0.1, 0.15) is 11.1 Å². The topological polar surface area (TPSA) is 68.4 Å². The number of hydrogen-bond acceptors (Lipinski definition) is 3. The number of aromatic nitrogens is 2. The SMILES string of the molecule is Cn1c(=O)n(Cc2ccccc2)s/c1=N\C(=O)NCc1ccccc1. The molecule has 25 heavy (non-hydrogen) atoms. The van der Waals surface area contributed by atoms with E-state index in [4.69, 9.17) is 0 Å². The summed E-state index contributed by atoms with van der Waals surface area (Å²) in [6.07, 6.45) is 0. The van der Waals surface area contributed by atoms with Crippen LogP contribution < -0.4 is 15.8 Å². The standard InChI is InChI=1S/C18H18N4O2S/c1-21-17(20-16(23)19-12-14-8-4-2-5-9-14)25-22(18(21)24)13-15-10-6-3-7-11-15/h2-11H,12-13H2,1H3,(H,19,23)/b20-17-. The van der Waals surface area contributed by atoms with E-state index >= 15 is 0 Å². The summed E-state index contributed by atoms with van der Waals surface area (Å²) in [4.78, 5) is 28.7. The van der Waals surface area contributed by atoms with Gasteiger partial charge in [0.25, 0.3) is 0 Å². The molecule has 3 rings (SSSR count). The molecule has 1 N–H and O–H groups in total. The highest BCUT2D eigenvalue weighted by atomic mass is 32.1. The summed E-state index contributed by atoms with van der Waals surface area (Å²) >= 11 is 1.17. The Morgan fingerprint density at radius 3 is 2.28 bits per heavy atom. The van der Waals surface area contributed by atoms with Crippen LogP contribution in [0.3, 0.4) is 0 Å². The Morgan fingerprint density at radius 2 is 1.64 bits per heavy atom. The van der Waals surface area contributed by atoms with E-state index in [1.807, 2.05) is 60.7 Å². The van der Waals surface area contributed by atoms with Gasteiger partial charge in [-0.3, -0.25) is 4.57 Å². The molecule has 0 aliphatic carbocycles. The monoisotopic (exact) mass is 354 g/mol. The second kappa shape index (κ2) is 7.76. The van der Waals surface area contributed by atoms with Gasteiger partial charge >= 0.3 is 11.7 Å². The van der Waals surface area contributed by atoms with Gasteiger partial charge in [0.15, 0.2) is 0 Å². The average molecular weight is 354 g/mol. The number of carbonyl (C=O) groups excluding carboxylic acids is 1. The first-order chi connectivity index (χ1) is 12.1. The molecule has 0 bridgehead atoms. The van der Waals surface area contributed by atoms with Gasteiger partial charge in [-0.15, -0.1) is 0 Å². The van der Waals surface area contributed by atoms with Crippen LogP contribution in [0, 0.1) is 0 Å². The third kappa shape index (κ3) is 4.33. The Kier molecular flexibility index (Phi) is 5.25. The number of urea groups is 1. The molecular formula is C18H18N4O2S. The average Bonchev–Trinajstić information content (AvgIpc) is 2.90. The summed E-state index contributed by atoms with van der Waals surface area (Å²) in [5.74, 6) is 0. The minimum Gasteiger partial charge on any atom is -0.332 e. The molecule has 6 nitrogen and oxygen atoms in total. The van der Waals surface area contributed by atoms with E-state index in [0.717, 1.165) is 11.1 Å². The van der Waals surface area contributed by atoms with Gasteiger partial charge in [-0.25, -0.2) is 13.5 Å². The third-order valence-corrected chi connectivity index (χ3v) is 4.67. The van der Waals surface area contributed by atoms with Crippen molar-refractivity contribution in [2.75, 3.05) is 0 Å². The number of amides is 2. The molecule has 0 saturated heterocycles. The van der Waals surface area contributed by atoms with E-state index in [0.29, 0.717) is 17.9 Å². The maximum Gasteiger partial charge on any atom is 0.343 e. The van der Waals surface area contributed by atoms with E-state index in [1.165, 1.54) is 16.1 Å². The fraction of sp³-hybridized carbons (Fsp3) is 0.167. The Balaban J connectivity index is 1.75. The molecular weight excluding hydrogens is 336 g/mol. The van der Waals surface area contributed by atoms with Crippen molar-refractivity contribution in [3.63, 3.8) is 0 Å². The minimum atomic E-state index is -0.465. The molecule has 0 radical (unpaired) electrons. The van der Waals surface area contributed by atoms with E-state index in [9.17, 15) is 9.59 Å². The summed E-state index contributed by atoms with van der Waals surface area (Å²) in [6, 6.07) is 18.8. The lowest BCUT2D eigenvalue weighted by atomic mass is 10.2. The van der Waals surface area contributed by atoms with Gasteiger partial charge < -0.3 is 5.32 Å². The molecule has 7 heteroatoms. The number of nitrogens with zero attached hydrogens (tertiary/aromatic N) is 3. The van der Waals surface area contributed by atoms with Crippen LogP contribution >= 0.6 is 11.5 Å². The lowest BCUT2D eigenvalue weighted by molar-refractivity contribution is 0.248. The van der Waals surface area contributed by atoms with Gasteiger partial charge in [-0.2, -0.15) is 4.99 Å². The Hall–Kier alpha value is -2.93. The van der Waals surface area contributed by atoms with Gasteiger partial charge in [0.2, 0.25) is 4.80 Å². The fourth-order valence-electron chi connectivity index (χ4n) is 2.29. The lowest BCUT2D eigenvalue weighted by Crippen LogP contribution is -2.29. The fourth-order valence-corrected chi connectivity index (χ4v) is 3.23. The van der Waals surface area contributed by atoms with Crippen molar-refractivity contribution in [3.05, 3.63) is 87.1 Å². The maximum atomic E-state index is 12.3. The second-order valence-corrected chi connectivity index (χ2v) is 6.48. The molecule has 0 spiro atoms. The Bertz CT molecular complexity index is 972. The molecule has 0 saturated carbocycles. The summed E-state index contributed by atoms with van der Waals surface area (Å²) in [5.41, 5.74) is 1.82. The number of carbonyl (C=O) groups is 1. The van der Waals surface area contributed by atoms with Crippen LogP contribution in [0.25, 0.3) is 0 Å². The highest BCUT2D eigenvalue weighted by molar-refractivity contribution is 7.03. The second-order valence-electron chi connectivity index (χ2n) is 5.49. The van der Waals surface area contributed by atoms with E-state index < -0.39 is 6.03 Å². The van der Waals surface area contributed by atoms with Crippen molar-refractivity contribution in [1.82, 2.24) is 13.8 Å². The molecule has 1 aromatic heterocycles. The van der Waals surface area contributed by atoms with Gasteiger partial charge in [0, 0.05) is 13.6 Å². The minimum absolute atomic E-state index is 0.191. The van der Waals surface area contributed by atoms with Crippen molar-refractivity contribution < 1.29 is 4.79 Å². The summed E-state index contributed by atoms with van der Waals surface area (Å²) in [5, 5.41) is 2.73. The molecule has 128 valence electrons. The van der Waals surface area contributed by atoms with E-state index in [-0.39, 0.29) is 5.69 Å². The van der Waals surface area contributed by atoms with Crippen LogP contribution in [0.5, 0.6) is 0 Å². The number of nitrogens with one attached hydrogen (secondary N) is 1. The van der Waals surface area contributed by atoms with Crippen LogP contribution in [-0.2, 0) is 20.1 Å². The van der Waals surface area contributed by atoms with Gasteiger partial charge in [0.1, 0.15) is 0 Å². The van der Waals surface area contributed by atoms with Crippen molar-refractivity contribution in [2.45, 2.75) is 13.1 Å². The smallest absolute Gasteiger partial charge is 0.332 e. The molecule has 0 atom stereocenters. The maximum absolute atomic E-state index is 12.3. The van der Waals surface area contributed by atoms with Crippen LogP contribution in [0.2, 0.25) is 0 Å². The molecule has 0 unspecified atom stereocenters. The molecule has 1 heterocycles. The first-order valence-electron chi connectivity index (χ1n) is 7.81. The zero-order valence-electron chi connectivity index (χ0n) is 13.8. The van der Waals surface area contributed by atoms with Gasteiger partial charge in [0.05, 0.1) is 6.54 Å². The normalized spacial score (nSPS) is 11.5. The summed E-state index contributed by atoms with van der Waals surface area (Å²) in [6.45, 7) is 0.853. The number of benzene rings is 2. The quantitative estimate of drug-likeness (QED) is 0.780. The Morgan fingerprint density at radius 1 is 1.04 bits per heavy atom. The molecule has 0 aliphatic rings. The molecule has 2 aromatic carbocycles. The molecule has 2 amide bonds. The summed E-state index contributed by atoms with van der Waals surface area (Å²) in [7, 11) is 1.61. The van der Waals surface area contributed by atoms with Crippen LogP contribution in [0.15, 0.2) is 70.5 Å². The van der Waals surface area contributed by atoms with Gasteiger partial charge in [-0.05, 0) is 22.7 Å². The van der Waals surface area contributed by atoms with E-state index in [2.05, 4.69) is 10.3 Å². The highest BCUT2D eigenvalue weighted by Gasteiger charge is 2.07. The number of hydrogen-bond donors (Lipinski definition) is 1. The first-order valence-corrected chi connectivity index (χ1v) is 8.58. The predicted molar refractivity (Wildman–Crippen MR) is 97.3 cm³/mol. The van der Waals surface area contributed by atoms with Crippen LogP contribution in [-0.4, -0.2) is 14.6 Å². The molecule has 0 fully saturated rings. The van der Waals surface area contributed by atoms with Gasteiger partial charge in [-0.1, -0.05) is 60.7 Å². The third-order valence-electron chi connectivity index (χ3n) is 3.63. The van der Waals surface area contributed by atoms with Crippen molar-refractivity contribution in [2.24, 2.45) is 12.0 Å². The summed E-state index contributed by atoms with van der Waals surface area (Å²) < 4.78 is 2.97. The molecule has 3 aromatic rings. The predicted octanol–water partition coefficient (Wildman–Crippen LogP) is 2.11. The first kappa shape index (κ1) is 16.9.